The summed E-state index contributed by atoms with van der Waals surface area (Å²) in [4.78, 5) is 28.1. The molecule has 8 nitrogen and oxygen atoms in total. The van der Waals surface area contributed by atoms with E-state index in [1.807, 2.05) is 0 Å². The molecule has 0 amide bonds. The number of carbonyl (C=O) groups is 1. The van der Waals surface area contributed by atoms with Crippen molar-refractivity contribution >= 4 is 28.0 Å². The maximum absolute atomic E-state index is 11.9. The van der Waals surface area contributed by atoms with Crippen LogP contribution in [0.1, 0.15) is 12.5 Å². The fourth-order valence-electron chi connectivity index (χ4n) is 2.98. The van der Waals surface area contributed by atoms with E-state index in [9.17, 15) is 19.8 Å². The molecule has 2 aromatic carbocycles. The van der Waals surface area contributed by atoms with Gasteiger partial charge in [0.25, 0.3) is 0 Å². The van der Waals surface area contributed by atoms with Gasteiger partial charge in [-0.25, -0.2) is 9.78 Å². The molecule has 2 N–H and O–H groups in total. The van der Waals surface area contributed by atoms with Crippen molar-refractivity contribution in [2.75, 3.05) is 6.61 Å². The molecule has 0 aliphatic rings. The Morgan fingerprint density at radius 2 is 1.93 bits per heavy atom. The number of aromatic hydroxyl groups is 2. The second-order valence-corrected chi connectivity index (χ2v) is 6.11. The third kappa shape index (κ3) is 3.16. The van der Waals surface area contributed by atoms with Crippen LogP contribution in [0.25, 0.3) is 33.5 Å². The van der Waals surface area contributed by atoms with Crippen LogP contribution in [0.2, 0.25) is 0 Å². The monoisotopic (exact) mass is 381 g/mol. The highest BCUT2D eigenvalue weighted by molar-refractivity contribution is 5.95. The number of ether oxygens (including phenoxy) is 1. The third-order valence-electron chi connectivity index (χ3n) is 4.19. The molecule has 0 aliphatic carbocycles. The molecular weight excluding hydrogens is 366 g/mol. The van der Waals surface area contributed by atoms with Gasteiger partial charge < -0.3 is 23.8 Å². The lowest BCUT2D eigenvalue weighted by molar-refractivity contribution is -0.142. The van der Waals surface area contributed by atoms with Gasteiger partial charge in [-0.2, -0.15) is 0 Å². The van der Waals surface area contributed by atoms with Crippen molar-refractivity contribution in [1.82, 2.24) is 4.98 Å². The van der Waals surface area contributed by atoms with Crippen molar-refractivity contribution in [2.24, 2.45) is 0 Å². The first-order valence-electron chi connectivity index (χ1n) is 8.50. The number of fused-ring (bicyclic) bond motifs is 2. The lowest BCUT2D eigenvalue weighted by Crippen LogP contribution is -2.10. The Morgan fingerprint density at radius 1 is 1.11 bits per heavy atom. The summed E-state index contributed by atoms with van der Waals surface area (Å²) in [6.45, 7) is 1.94. The average molecular weight is 381 g/mol. The van der Waals surface area contributed by atoms with E-state index in [1.165, 1.54) is 30.3 Å². The van der Waals surface area contributed by atoms with E-state index in [4.69, 9.17) is 13.6 Å². The summed E-state index contributed by atoms with van der Waals surface area (Å²) in [6, 6.07) is 8.45. The highest BCUT2D eigenvalue weighted by Crippen LogP contribution is 2.34. The molecule has 2 aromatic heterocycles. The van der Waals surface area contributed by atoms with Crippen LogP contribution in [0.3, 0.4) is 0 Å². The summed E-state index contributed by atoms with van der Waals surface area (Å²) in [5, 5.41) is 20.0. The van der Waals surface area contributed by atoms with E-state index in [2.05, 4.69) is 4.98 Å². The molecule has 0 atom stereocenters. The van der Waals surface area contributed by atoms with E-state index in [0.29, 0.717) is 27.6 Å². The average Bonchev–Trinajstić information content (AvgIpc) is 3.02. The van der Waals surface area contributed by atoms with Crippen LogP contribution < -0.4 is 5.63 Å². The fraction of sp³-hybridized carbons (Fsp3) is 0.150. The first-order chi connectivity index (χ1) is 13.4. The molecule has 0 saturated carbocycles. The zero-order chi connectivity index (χ0) is 19.8. The first-order valence-corrected chi connectivity index (χ1v) is 8.50. The minimum atomic E-state index is -0.595. The molecular formula is C20H15NO7. The summed E-state index contributed by atoms with van der Waals surface area (Å²) in [7, 11) is 0. The minimum Gasteiger partial charge on any atom is -0.508 e. The molecule has 4 aromatic rings. The first kappa shape index (κ1) is 17.6. The van der Waals surface area contributed by atoms with Crippen LogP contribution >= 0.6 is 0 Å². The molecule has 8 heteroatoms. The fourth-order valence-corrected chi connectivity index (χ4v) is 2.98. The number of rotatable bonds is 4. The predicted molar refractivity (Wildman–Crippen MR) is 99.2 cm³/mol. The molecule has 0 bridgehead atoms. The number of oxazole rings is 1. The van der Waals surface area contributed by atoms with Gasteiger partial charge in [0.15, 0.2) is 5.58 Å². The highest BCUT2D eigenvalue weighted by atomic mass is 16.5. The summed E-state index contributed by atoms with van der Waals surface area (Å²) in [5.41, 5.74) is 1.20. The Labute approximate surface area is 157 Å². The van der Waals surface area contributed by atoms with Crippen molar-refractivity contribution in [3.8, 4) is 23.0 Å². The van der Waals surface area contributed by atoms with Crippen molar-refractivity contribution in [1.29, 1.82) is 0 Å². The van der Waals surface area contributed by atoms with Gasteiger partial charge in [0, 0.05) is 23.6 Å². The molecule has 142 valence electrons. The predicted octanol–water partition coefficient (Wildman–Crippen LogP) is 3.12. The SMILES string of the molecule is CCOC(=O)Cc1cc(=O)oc2cc3oc(-c4ccc(O)cc4O)nc3cc12. The van der Waals surface area contributed by atoms with Gasteiger partial charge in [-0.05, 0) is 30.7 Å². The van der Waals surface area contributed by atoms with Crippen LogP contribution in [-0.2, 0) is 16.0 Å². The topological polar surface area (TPSA) is 123 Å². The number of hydrogen-bond donors (Lipinski definition) is 2. The molecule has 0 unspecified atom stereocenters. The number of esters is 1. The summed E-state index contributed by atoms with van der Waals surface area (Å²) in [6.07, 6.45) is -0.0785. The van der Waals surface area contributed by atoms with Crippen molar-refractivity contribution in [3.63, 3.8) is 0 Å². The van der Waals surface area contributed by atoms with Gasteiger partial charge in [0.1, 0.15) is 22.6 Å². The van der Waals surface area contributed by atoms with Crippen LogP contribution in [0.15, 0.2) is 50.0 Å². The van der Waals surface area contributed by atoms with E-state index >= 15 is 0 Å². The standard InChI is InChI=1S/C20H15NO7/c1-2-26-18(24)5-10-6-19(25)27-16-9-17-14(8-13(10)16)21-20(28-17)12-4-3-11(22)7-15(12)23/h3-4,6-9,22-23H,2,5H2,1H3. The van der Waals surface area contributed by atoms with Crippen molar-refractivity contribution in [3.05, 3.63) is 52.4 Å². The molecule has 28 heavy (non-hydrogen) atoms. The maximum Gasteiger partial charge on any atom is 0.336 e. The largest absolute Gasteiger partial charge is 0.508 e. The van der Waals surface area contributed by atoms with Crippen LogP contribution in [0.4, 0.5) is 0 Å². The Balaban J connectivity index is 1.86. The van der Waals surface area contributed by atoms with Crippen LogP contribution in [0, 0.1) is 0 Å². The Bertz CT molecular complexity index is 1270. The second kappa shape index (κ2) is 6.73. The lowest BCUT2D eigenvalue weighted by Gasteiger charge is -2.05. The van der Waals surface area contributed by atoms with Crippen LogP contribution in [-0.4, -0.2) is 27.8 Å². The van der Waals surface area contributed by atoms with Gasteiger partial charge in [0.05, 0.1) is 18.6 Å². The quantitative estimate of drug-likeness (QED) is 0.408. The molecule has 4 rings (SSSR count). The molecule has 0 aliphatic heterocycles. The highest BCUT2D eigenvalue weighted by Gasteiger charge is 2.17. The smallest absolute Gasteiger partial charge is 0.336 e. The van der Waals surface area contributed by atoms with E-state index in [1.54, 1.807) is 13.0 Å². The van der Waals surface area contributed by atoms with Gasteiger partial charge in [-0.15, -0.1) is 0 Å². The summed E-state index contributed by atoms with van der Waals surface area (Å²) in [5.74, 6) is -0.597. The van der Waals surface area contributed by atoms with Crippen molar-refractivity contribution in [2.45, 2.75) is 13.3 Å². The second-order valence-electron chi connectivity index (χ2n) is 6.11. The Morgan fingerprint density at radius 3 is 2.68 bits per heavy atom. The van der Waals surface area contributed by atoms with Gasteiger partial charge in [-0.1, -0.05) is 0 Å². The zero-order valence-electron chi connectivity index (χ0n) is 14.8. The zero-order valence-corrected chi connectivity index (χ0v) is 14.8. The number of nitrogens with zero attached hydrogens (tertiary/aromatic N) is 1. The molecule has 2 heterocycles. The van der Waals surface area contributed by atoms with Crippen molar-refractivity contribution < 1.29 is 28.6 Å². The normalized spacial score (nSPS) is 11.2. The number of carbonyl (C=O) groups excluding carboxylic acids is 1. The van der Waals surface area contributed by atoms with E-state index in [-0.39, 0.29) is 36.0 Å². The Hall–Kier alpha value is -3.81. The van der Waals surface area contributed by atoms with Crippen LogP contribution in [0.5, 0.6) is 11.5 Å². The molecule has 0 radical (unpaired) electrons. The number of aromatic nitrogens is 1. The third-order valence-corrected chi connectivity index (χ3v) is 4.19. The van der Waals surface area contributed by atoms with E-state index < -0.39 is 11.6 Å². The lowest BCUT2D eigenvalue weighted by atomic mass is 10.1. The molecule has 0 fully saturated rings. The minimum absolute atomic E-state index is 0.0785. The number of phenols is 2. The van der Waals surface area contributed by atoms with E-state index in [0.717, 1.165) is 0 Å². The van der Waals surface area contributed by atoms with Gasteiger partial charge >= 0.3 is 11.6 Å². The van der Waals surface area contributed by atoms with Gasteiger partial charge in [-0.3, -0.25) is 4.79 Å². The number of benzene rings is 2. The summed E-state index contributed by atoms with van der Waals surface area (Å²) < 4.78 is 15.9. The Kier molecular flexibility index (Phi) is 4.23. The molecule has 0 spiro atoms. The number of hydrogen-bond acceptors (Lipinski definition) is 8. The molecule has 0 saturated heterocycles. The maximum atomic E-state index is 11.9. The number of phenolic OH excluding ortho intramolecular Hbond substituents is 2. The van der Waals surface area contributed by atoms with Gasteiger partial charge in [0.2, 0.25) is 5.89 Å². The summed E-state index contributed by atoms with van der Waals surface area (Å²) >= 11 is 0.